The van der Waals surface area contributed by atoms with Crippen LogP contribution in [0.5, 0.6) is 0 Å². The van der Waals surface area contributed by atoms with Crippen LogP contribution in [0.25, 0.3) is 22.3 Å². The molecule has 0 aliphatic carbocycles. The van der Waals surface area contributed by atoms with Gasteiger partial charge in [0.15, 0.2) is 0 Å². The summed E-state index contributed by atoms with van der Waals surface area (Å²) in [6, 6.07) is 21.9. The summed E-state index contributed by atoms with van der Waals surface area (Å²) in [6.45, 7) is 1.46. The average Bonchev–Trinajstić information content (AvgIpc) is 2.98. The van der Waals surface area contributed by atoms with Crippen LogP contribution in [0.4, 0.5) is 0 Å². The van der Waals surface area contributed by atoms with Crippen LogP contribution >= 0.6 is 34.2 Å². The highest BCUT2D eigenvalue weighted by Crippen LogP contribution is 2.32. The van der Waals surface area contributed by atoms with E-state index in [-0.39, 0.29) is 12.3 Å². The van der Waals surface area contributed by atoms with Gasteiger partial charge >= 0.3 is 5.97 Å². The van der Waals surface area contributed by atoms with Crippen molar-refractivity contribution in [1.82, 2.24) is 14.9 Å². The van der Waals surface area contributed by atoms with Gasteiger partial charge in [0.2, 0.25) is 0 Å². The molecule has 3 aromatic carbocycles. The van der Waals surface area contributed by atoms with E-state index in [0.29, 0.717) is 41.3 Å². The summed E-state index contributed by atoms with van der Waals surface area (Å²) in [5.41, 5.74) is 6.98. The van der Waals surface area contributed by atoms with E-state index in [1.165, 1.54) is 5.56 Å². The van der Waals surface area contributed by atoms with E-state index in [4.69, 9.17) is 26.7 Å². The van der Waals surface area contributed by atoms with Gasteiger partial charge in [0.25, 0.3) is 5.91 Å². The Kier molecular flexibility index (Phi) is 9.32. The normalized spacial score (nSPS) is 14.0. The Morgan fingerprint density at radius 3 is 2.45 bits per heavy atom. The number of rotatable bonds is 9. The zero-order valence-electron chi connectivity index (χ0n) is 22.2. The van der Waals surface area contributed by atoms with Crippen LogP contribution in [0.1, 0.15) is 65.2 Å². The van der Waals surface area contributed by atoms with E-state index in [9.17, 15) is 9.59 Å². The molecule has 0 saturated carbocycles. The van der Waals surface area contributed by atoms with E-state index in [1.807, 2.05) is 47.4 Å². The SMILES string of the molecule is O=C(O)CCCCc1nc2cc(C(=O)N3CCC(c4ccccc4)CC3)ccc2nc1-c1ccc(Cl)cc1CI. The third-order valence-corrected chi connectivity index (χ3v) is 8.61. The Morgan fingerprint density at radius 2 is 1.73 bits per heavy atom. The van der Waals surface area contributed by atoms with E-state index in [0.717, 1.165) is 58.4 Å². The second kappa shape index (κ2) is 13.1. The highest BCUT2D eigenvalue weighted by atomic mass is 127. The number of carbonyl (C=O) groups is 2. The third-order valence-electron chi connectivity index (χ3n) is 7.56. The minimum Gasteiger partial charge on any atom is -0.481 e. The summed E-state index contributed by atoms with van der Waals surface area (Å²) in [5, 5.41) is 9.73. The quantitative estimate of drug-likeness (QED) is 0.112. The minimum atomic E-state index is -0.800. The molecule has 5 rings (SSSR count). The lowest BCUT2D eigenvalue weighted by molar-refractivity contribution is -0.137. The third kappa shape index (κ3) is 6.63. The zero-order chi connectivity index (χ0) is 28.1. The van der Waals surface area contributed by atoms with Gasteiger partial charge in [-0.25, -0.2) is 9.97 Å². The van der Waals surface area contributed by atoms with Gasteiger partial charge in [-0.2, -0.15) is 0 Å². The number of fused-ring (bicyclic) bond motifs is 1. The lowest BCUT2D eigenvalue weighted by Crippen LogP contribution is -2.37. The van der Waals surface area contributed by atoms with Gasteiger partial charge in [-0.3, -0.25) is 9.59 Å². The lowest BCUT2D eigenvalue weighted by Gasteiger charge is -2.32. The molecule has 206 valence electrons. The fourth-order valence-corrected chi connectivity index (χ4v) is 6.24. The van der Waals surface area contributed by atoms with Crippen LogP contribution in [0.3, 0.4) is 0 Å². The maximum absolute atomic E-state index is 13.5. The Hall–Kier alpha value is -3.04. The molecule has 1 aliphatic rings. The van der Waals surface area contributed by atoms with Gasteiger partial charge < -0.3 is 10.0 Å². The molecule has 1 amide bonds. The molecule has 1 fully saturated rings. The molecule has 1 aromatic heterocycles. The summed E-state index contributed by atoms with van der Waals surface area (Å²) >= 11 is 8.59. The van der Waals surface area contributed by atoms with Crippen molar-refractivity contribution >= 4 is 57.1 Å². The molecule has 1 aliphatic heterocycles. The van der Waals surface area contributed by atoms with Crippen LogP contribution < -0.4 is 0 Å². The molecule has 0 spiro atoms. The summed E-state index contributed by atoms with van der Waals surface area (Å²) in [7, 11) is 0. The molecule has 8 heteroatoms. The molecular weight excluding hydrogens is 637 g/mol. The Bertz CT molecular complexity index is 1520. The summed E-state index contributed by atoms with van der Waals surface area (Å²) in [4.78, 5) is 36.4. The van der Waals surface area contributed by atoms with Gasteiger partial charge in [-0.05, 0) is 79.5 Å². The molecule has 4 aromatic rings. The second-order valence-corrected chi connectivity index (χ2v) is 11.4. The van der Waals surface area contributed by atoms with Gasteiger partial charge in [-0.1, -0.05) is 70.6 Å². The van der Waals surface area contributed by atoms with Crippen LogP contribution in [0.15, 0.2) is 66.7 Å². The summed E-state index contributed by atoms with van der Waals surface area (Å²) in [6.07, 6.45) is 3.86. The van der Waals surface area contributed by atoms with E-state index < -0.39 is 5.97 Å². The molecule has 1 saturated heterocycles. The number of alkyl halides is 1. The van der Waals surface area contributed by atoms with Crippen LogP contribution in [0.2, 0.25) is 5.02 Å². The number of aromatic nitrogens is 2. The molecule has 0 radical (unpaired) electrons. The number of aryl methyl sites for hydroxylation is 1. The smallest absolute Gasteiger partial charge is 0.303 e. The van der Waals surface area contributed by atoms with Crippen molar-refractivity contribution < 1.29 is 14.7 Å². The number of amides is 1. The fraction of sp³-hybridized carbons (Fsp3) is 0.312. The number of carbonyl (C=O) groups excluding carboxylic acids is 1. The molecule has 0 atom stereocenters. The van der Waals surface area contributed by atoms with Gasteiger partial charge in [0.05, 0.1) is 22.4 Å². The van der Waals surface area contributed by atoms with E-state index in [1.54, 1.807) is 0 Å². The molecular formula is C32H31ClIN3O3. The summed E-state index contributed by atoms with van der Waals surface area (Å²) < 4.78 is 0.764. The number of carboxylic acid groups (broad SMARTS) is 1. The Labute approximate surface area is 252 Å². The molecule has 2 heterocycles. The highest BCUT2D eigenvalue weighted by Gasteiger charge is 2.25. The maximum Gasteiger partial charge on any atom is 0.303 e. The standard InChI is InChI=1S/C32H31ClIN3O3/c33-25-11-12-26(24(18-25)20-34)31-28(8-4-5-9-30(38)39)35-29-19-23(10-13-27(29)36-31)32(40)37-16-14-22(15-17-37)21-6-2-1-3-7-21/h1-3,6-7,10-13,18-19,22H,4-5,8-9,14-17,20H2,(H,38,39). The molecule has 0 bridgehead atoms. The zero-order valence-corrected chi connectivity index (χ0v) is 25.1. The van der Waals surface area contributed by atoms with Crippen LogP contribution in [-0.4, -0.2) is 44.9 Å². The van der Waals surface area contributed by atoms with Gasteiger partial charge in [0.1, 0.15) is 0 Å². The minimum absolute atomic E-state index is 0.0206. The predicted molar refractivity (Wildman–Crippen MR) is 167 cm³/mol. The monoisotopic (exact) mass is 667 g/mol. The fourth-order valence-electron chi connectivity index (χ4n) is 5.41. The van der Waals surface area contributed by atoms with Crippen molar-refractivity contribution in [3.8, 4) is 11.3 Å². The van der Waals surface area contributed by atoms with Crippen molar-refractivity contribution in [2.45, 2.75) is 48.9 Å². The van der Waals surface area contributed by atoms with Gasteiger partial charge in [0, 0.05) is 40.1 Å². The number of piperidine rings is 1. The topological polar surface area (TPSA) is 83.4 Å². The number of aliphatic carboxylic acids is 1. The van der Waals surface area contributed by atoms with Crippen molar-refractivity contribution in [3.05, 3.63) is 94.1 Å². The Morgan fingerprint density at radius 1 is 0.950 bits per heavy atom. The maximum atomic E-state index is 13.5. The second-order valence-electron chi connectivity index (χ2n) is 10.2. The van der Waals surface area contributed by atoms with E-state index >= 15 is 0 Å². The van der Waals surface area contributed by atoms with Crippen molar-refractivity contribution in [3.63, 3.8) is 0 Å². The van der Waals surface area contributed by atoms with E-state index in [2.05, 4.69) is 46.9 Å². The van der Waals surface area contributed by atoms with Crippen molar-refractivity contribution in [1.29, 1.82) is 0 Å². The number of carboxylic acids is 1. The number of hydrogen-bond donors (Lipinski definition) is 1. The average molecular weight is 668 g/mol. The van der Waals surface area contributed by atoms with Crippen molar-refractivity contribution in [2.75, 3.05) is 13.1 Å². The predicted octanol–water partition coefficient (Wildman–Crippen LogP) is 7.70. The number of hydrogen-bond acceptors (Lipinski definition) is 4. The van der Waals surface area contributed by atoms with Crippen molar-refractivity contribution in [2.24, 2.45) is 0 Å². The van der Waals surface area contributed by atoms with Crippen LogP contribution in [0, 0.1) is 0 Å². The highest BCUT2D eigenvalue weighted by molar-refractivity contribution is 14.1. The molecule has 0 unspecified atom stereocenters. The molecule has 6 nitrogen and oxygen atoms in total. The number of likely N-dealkylation sites (tertiary alicyclic amines) is 1. The first-order valence-corrected chi connectivity index (χ1v) is 15.5. The van der Waals surface area contributed by atoms with Gasteiger partial charge in [-0.15, -0.1) is 0 Å². The summed E-state index contributed by atoms with van der Waals surface area (Å²) in [5.74, 6) is -0.298. The first-order chi connectivity index (χ1) is 19.4. The molecule has 1 N–H and O–H groups in total. The lowest BCUT2D eigenvalue weighted by atomic mass is 9.89. The first kappa shape index (κ1) is 28.5. The number of halogens is 2. The van der Waals surface area contributed by atoms with Crippen LogP contribution in [-0.2, 0) is 15.6 Å². The largest absolute Gasteiger partial charge is 0.481 e. The first-order valence-electron chi connectivity index (χ1n) is 13.6. The molecule has 40 heavy (non-hydrogen) atoms. The number of benzene rings is 3. The number of nitrogens with zero attached hydrogens (tertiary/aromatic N) is 3. The Balaban J connectivity index is 1.41. The number of unbranched alkanes of at least 4 members (excludes halogenated alkanes) is 1.